The van der Waals surface area contributed by atoms with Crippen molar-refractivity contribution in [3.05, 3.63) is 29.8 Å². The van der Waals surface area contributed by atoms with Crippen LogP contribution in [0, 0.1) is 28.6 Å². The van der Waals surface area contributed by atoms with Gasteiger partial charge >= 0.3 is 0 Å². The van der Waals surface area contributed by atoms with Crippen LogP contribution in [-0.2, 0) is 4.79 Å². The highest BCUT2D eigenvalue weighted by molar-refractivity contribution is 5.86. The average Bonchev–Trinajstić information content (AvgIpc) is 2.61. The number of nitriles is 2. The van der Waals surface area contributed by atoms with Crippen molar-refractivity contribution in [2.75, 3.05) is 18.0 Å². The molecule has 1 N–H and O–H groups in total. The summed E-state index contributed by atoms with van der Waals surface area (Å²) in [6.07, 6.45) is 0.134. The molecule has 102 valence electrons. The summed E-state index contributed by atoms with van der Waals surface area (Å²) < 4.78 is 0. The summed E-state index contributed by atoms with van der Waals surface area (Å²) in [5.74, 6) is 0.159. The number of anilines is 1. The summed E-state index contributed by atoms with van der Waals surface area (Å²) in [7, 11) is 0. The van der Waals surface area contributed by atoms with Crippen molar-refractivity contribution in [3.63, 3.8) is 0 Å². The number of rotatable bonds is 2. The first-order chi connectivity index (χ1) is 9.65. The molecule has 2 unspecified atom stereocenters. The van der Waals surface area contributed by atoms with E-state index in [1.165, 1.54) is 0 Å². The third-order valence-corrected chi connectivity index (χ3v) is 3.40. The Morgan fingerprint density at radius 3 is 2.95 bits per heavy atom. The molecule has 0 bridgehead atoms. The lowest BCUT2D eigenvalue weighted by atomic mass is 10.1. The predicted molar refractivity (Wildman–Crippen MR) is 74.7 cm³/mol. The number of hydrogen-bond acceptors (Lipinski definition) is 4. The Morgan fingerprint density at radius 1 is 1.45 bits per heavy atom. The Bertz CT molecular complexity index is 584. The molecule has 0 radical (unpaired) electrons. The molecule has 1 aromatic carbocycles. The zero-order valence-electron chi connectivity index (χ0n) is 11.3. The summed E-state index contributed by atoms with van der Waals surface area (Å²) >= 11 is 0. The van der Waals surface area contributed by atoms with Crippen molar-refractivity contribution >= 4 is 11.6 Å². The van der Waals surface area contributed by atoms with Crippen molar-refractivity contribution in [1.29, 1.82) is 10.5 Å². The third-order valence-electron chi connectivity index (χ3n) is 3.40. The molecule has 1 aliphatic rings. The maximum absolute atomic E-state index is 12.1. The van der Waals surface area contributed by atoms with Gasteiger partial charge in [-0.15, -0.1) is 0 Å². The van der Waals surface area contributed by atoms with Gasteiger partial charge in [0, 0.05) is 18.8 Å². The number of nitrogens with zero attached hydrogens (tertiary/aromatic N) is 3. The van der Waals surface area contributed by atoms with Crippen molar-refractivity contribution < 1.29 is 4.79 Å². The van der Waals surface area contributed by atoms with Gasteiger partial charge < -0.3 is 10.2 Å². The number of carbonyl (C=O) groups excluding carboxylic acids is 1. The van der Waals surface area contributed by atoms with Gasteiger partial charge in [0.1, 0.15) is 6.04 Å². The molecule has 1 fully saturated rings. The Hall–Kier alpha value is -2.53. The van der Waals surface area contributed by atoms with E-state index in [1.807, 2.05) is 11.0 Å². The molecule has 0 saturated carbocycles. The Labute approximate surface area is 118 Å². The van der Waals surface area contributed by atoms with Gasteiger partial charge in [-0.05, 0) is 24.1 Å². The molecule has 1 saturated heterocycles. The first-order valence-electron chi connectivity index (χ1n) is 6.57. The minimum absolute atomic E-state index is 0.127. The van der Waals surface area contributed by atoms with Crippen molar-refractivity contribution in [2.24, 2.45) is 5.92 Å². The van der Waals surface area contributed by atoms with E-state index >= 15 is 0 Å². The minimum atomic E-state index is -0.501. The van der Waals surface area contributed by atoms with Gasteiger partial charge in [-0.3, -0.25) is 4.79 Å². The highest BCUT2D eigenvalue weighted by atomic mass is 16.2. The van der Waals surface area contributed by atoms with Crippen LogP contribution < -0.4 is 10.2 Å². The highest BCUT2D eigenvalue weighted by Gasteiger charge is 2.30. The summed E-state index contributed by atoms with van der Waals surface area (Å²) in [6, 6.07) is 10.8. The highest BCUT2D eigenvalue weighted by Crippen LogP contribution is 2.23. The second-order valence-corrected chi connectivity index (χ2v) is 5.04. The second kappa shape index (κ2) is 6.08. The van der Waals surface area contributed by atoms with E-state index < -0.39 is 6.04 Å². The Morgan fingerprint density at radius 2 is 2.25 bits per heavy atom. The van der Waals surface area contributed by atoms with Crippen LogP contribution >= 0.6 is 0 Å². The number of amides is 1. The number of nitrogens with one attached hydrogen (secondary N) is 1. The van der Waals surface area contributed by atoms with E-state index in [0.29, 0.717) is 18.7 Å². The predicted octanol–water partition coefficient (Wildman–Crippen LogP) is 1.41. The van der Waals surface area contributed by atoms with Gasteiger partial charge in [-0.25, -0.2) is 0 Å². The molecular formula is C15H16N4O. The summed E-state index contributed by atoms with van der Waals surface area (Å²) in [5, 5.41) is 20.8. The third kappa shape index (κ3) is 2.89. The average molecular weight is 268 g/mol. The monoisotopic (exact) mass is 268 g/mol. The summed E-state index contributed by atoms with van der Waals surface area (Å²) in [6.45, 7) is 3.34. The van der Waals surface area contributed by atoms with Crippen LogP contribution in [0.2, 0.25) is 0 Å². The standard InChI is InChI=1S/C15H16N4O/c1-11-9-18-15(20)14(5-6-16)19(10-11)13-4-2-3-12(7-13)8-17/h2-4,7,11,14H,5,9-10H2,1H3,(H,18,20). The van der Waals surface area contributed by atoms with Crippen LogP contribution in [0.5, 0.6) is 0 Å². The Kier molecular flexibility index (Phi) is 4.22. The van der Waals surface area contributed by atoms with Crippen molar-refractivity contribution in [2.45, 2.75) is 19.4 Å². The molecule has 0 aromatic heterocycles. The Balaban J connectivity index is 2.39. The van der Waals surface area contributed by atoms with E-state index in [1.54, 1.807) is 18.2 Å². The van der Waals surface area contributed by atoms with Crippen LogP contribution in [0.15, 0.2) is 24.3 Å². The molecule has 2 rings (SSSR count). The SMILES string of the molecule is CC1CNC(=O)C(CC#N)N(c2cccc(C#N)c2)C1. The van der Waals surface area contributed by atoms with Gasteiger partial charge in [0.25, 0.3) is 0 Å². The summed E-state index contributed by atoms with van der Waals surface area (Å²) in [5.41, 5.74) is 1.36. The van der Waals surface area contributed by atoms with Gasteiger partial charge in [0.15, 0.2) is 0 Å². The van der Waals surface area contributed by atoms with Crippen LogP contribution in [-0.4, -0.2) is 25.0 Å². The number of benzene rings is 1. The molecule has 20 heavy (non-hydrogen) atoms. The summed E-state index contributed by atoms with van der Waals surface area (Å²) in [4.78, 5) is 14.0. The van der Waals surface area contributed by atoms with Crippen LogP contribution in [0.3, 0.4) is 0 Å². The zero-order valence-corrected chi connectivity index (χ0v) is 11.3. The lowest BCUT2D eigenvalue weighted by Gasteiger charge is -2.30. The normalized spacial score (nSPS) is 22.4. The molecule has 1 amide bonds. The lowest BCUT2D eigenvalue weighted by molar-refractivity contribution is -0.122. The number of carbonyl (C=O) groups is 1. The van der Waals surface area contributed by atoms with Gasteiger partial charge in [-0.2, -0.15) is 10.5 Å². The first-order valence-corrected chi connectivity index (χ1v) is 6.57. The maximum Gasteiger partial charge on any atom is 0.243 e. The fourth-order valence-corrected chi connectivity index (χ4v) is 2.39. The fraction of sp³-hybridized carbons (Fsp3) is 0.400. The van der Waals surface area contributed by atoms with Gasteiger partial charge in [0.2, 0.25) is 5.91 Å². The molecule has 5 heteroatoms. The minimum Gasteiger partial charge on any atom is -0.358 e. The van der Waals surface area contributed by atoms with Crippen LogP contribution in [0.1, 0.15) is 18.9 Å². The number of hydrogen-bond donors (Lipinski definition) is 1. The smallest absolute Gasteiger partial charge is 0.243 e. The molecule has 1 aliphatic heterocycles. The molecule has 5 nitrogen and oxygen atoms in total. The molecule has 0 aliphatic carbocycles. The van der Waals surface area contributed by atoms with Crippen LogP contribution in [0.4, 0.5) is 5.69 Å². The zero-order chi connectivity index (χ0) is 14.5. The quantitative estimate of drug-likeness (QED) is 0.879. The second-order valence-electron chi connectivity index (χ2n) is 5.04. The van der Waals surface area contributed by atoms with Crippen molar-refractivity contribution in [3.8, 4) is 12.1 Å². The van der Waals surface area contributed by atoms with Gasteiger partial charge in [-0.1, -0.05) is 13.0 Å². The molecule has 2 atom stereocenters. The molecular weight excluding hydrogens is 252 g/mol. The van der Waals surface area contributed by atoms with Gasteiger partial charge in [0.05, 0.1) is 24.1 Å². The maximum atomic E-state index is 12.1. The van der Waals surface area contributed by atoms with Crippen LogP contribution in [0.25, 0.3) is 0 Å². The first kappa shape index (κ1) is 13.9. The topological polar surface area (TPSA) is 79.9 Å². The van der Waals surface area contributed by atoms with Crippen molar-refractivity contribution in [1.82, 2.24) is 5.32 Å². The van der Waals surface area contributed by atoms with E-state index in [-0.39, 0.29) is 18.2 Å². The van der Waals surface area contributed by atoms with E-state index in [9.17, 15) is 4.79 Å². The molecule has 0 spiro atoms. The molecule has 1 aromatic rings. The van der Waals surface area contributed by atoms with E-state index in [2.05, 4.69) is 24.4 Å². The lowest BCUT2D eigenvalue weighted by Crippen LogP contribution is -2.44. The van der Waals surface area contributed by atoms with E-state index in [0.717, 1.165) is 5.69 Å². The fourth-order valence-electron chi connectivity index (χ4n) is 2.39. The largest absolute Gasteiger partial charge is 0.358 e. The molecule has 1 heterocycles. The van der Waals surface area contributed by atoms with E-state index in [4.69, 9.17) is 10.5 Å².